The molecule has 1 saturated carbocycles. The van der Waals surface area contributed by atoms with Crippen molar-refractivity contribution >= 4 is 22.4 Å². The molecule has 1 aromatic rings. The van der Waals surface area contributed by atoms with E-state index in [1.54, 1.807) is 0 Å². The van der Waals surface area contributed by atoms with Gasteiger partial charge in [-0.05, 0) is 12.3 Å². The minimum Gasteiger partial charge on any atom is -0.374 e. The fourth-order valence-corrected chi connectivity index (χ4v) is 1.59. The average Bonchev–Trinajstić information content (AvgIpc) is 2.62. The molecule has 6 heteroatoms. The third-order valence-corrected chi connectivity index (χ3v) is 2.81. The number of nitrogen functional groups attached to an aromatic ring is 1. The van der Waals surface area contributed by atoms with Crippen molar-refractivity contribution < 1.29 is 4.79 Å². The Morgan fingerprint density at radius 2 is 2.38 bits per heavy atom. The van der Waals surface area contributed by atoms with E-state index in [9.17, 15) is 4.79 Å². The standard InChI is InChI=1S/C7H10N4OS/c1-3-2-4(3)9-5(12)6-10-11-7(8)13-6/h3-4H,2H2,1H3,(H2,8,11)(H,9,12). The molecule has 3 N–H and O–H groups in total. The Kier molecular flexibility index (Phi) is 1.91. The van der Waals surface area contributed by atoms with Crippen LogP contribution in [0, 0.1) is 5.92 Å². The molecule has 0 saturated heterocycles. The molecule has 5 nitrogen and oxygen atoms in total. The van der Waals surface area contributed by atoms with Gasteiger partial charge < -0.3 is 11.1 Å². The van der Waals surface area contributed by atoms with Crippen LogP contribution in [0.1, 0.15) is 23.1 Å². The number of rotatable bonds is 2. The zero-order valence-corrected chi connectivity index (χ0v) is 7.97. The first-order valence-corrected chi connectivity index (χ1v) is 4.88. The van der Waals surface area contributed by atoms with E-state index in [1.807, 2.05) is 0 Å². The quantitative estimate of drug-likeness (QED) is 0.714. The summed E-state index contributed by atoms with van der Waals surface area (Å²) in [6.45, 7) is 2.10. The van der Waals surface area contributed by atoms with E-state index in [4.69, 9.17) is 5.73 Å². The Labute approximate surface area is 79.3 Å². The van der Waals surface area contributed by atoms with E-state index < -0.39 is 0 Å². The number of nitrogens with one attached hydrogen (secondary N) is 1. The lowest BCUT2D eigenvalue weighted by Gasteiger charge is -1.97. The highest BCUT2D eigenvalue weighted by Gasteiger charge is 2.34. The molecule has 0 spiro atoms. The van der Waals surface area contributed by atoms with Gasteiger partial charge in [-0.3, -0.25) is 4.79 Å². The molecular weight excluding hydrogens is 188 g/mol. The Morgan fingerprint density at radius 3 is 2.85 bits per heavy atom. The summed E-state index contributed by atoms with van der Waals surface area (Å²) >= 11 is 1.11. The molecule has 0 aromatic carbocycles. The predicted molar refractivity (Wildman–Crippen MR) is 49.4 cm³/mol. The van der Waals surface area contributed by atoms with Crippen molar-refractivity contribution in [1.29, 1.82) is 0 Å². The Balaban J connectivity index is 1.97. The lowest BCUT2D eigenvalue weighted by molar-refractivity contribution is 0.0948. The Hall–Kier alpha value is -1.17. The topological polar surface area (TPSA) is 80.9 Å². The summed E-state index contributed by atoms with van der Waals surface area (Å²) in [5.41, 5.74) is 5.36. The normalized spacial score (nSPS) is 25.6. The number of anilines is 1. The summed E-state index contributed by atoms with van der Waals surface area (Å²) in [6.07, 6.45) is 1.06. The second-order valence-corrected chi connectivity index (χ2v) is 4.25. The summed E-state index contributed by atoms with van der Waals surface area (Å²) in [5.74, 6) is 0.428. The van der Waals surface area contributed by atoms with E-state index in [-0.39, 0.29) is 5.91 Å². The van der Waals surface area contributed by atoms with Gasteiger partial charge in [-0.25, -0.2) is 0 Å². The number of amides is 1. The minimum atomic E-state index is -0.163. The minimum absolute atomic E-state index is 0.163. The van der Waals surface area contributed by atoms with Crippen molar-refractivity contribution in [3.8, 4) is 0 Å². The third-order valence-electron chi connectivity index (χ3n) is 2.06. The van der Waals surface area contributed by atoms with Crippen LogP contribution in [0.4, 0.5) is 5.13 Å². The summed E-state index contributed by atoms with van der Waals surface area (Å²) in [5, 5.41) is 10.7. The highest BCUT2D eigenvalue weighted by molar-refractivity contribution is 7.16. The van der Waals surface area contributed by atoms with Gasteiger partial charge >= 0.3 is 0 Å². The SMILES string of the molecule is CC1CC1NC(=O)c1nnc(N)s1. The van der Waals surface area contributed by atoms with E-state index in [1.165, 1.54) is 0 Å². The molecule has 2 unspecified atom stereocenters. The van der Waals surface area contributed by atoms with Crippen molar-refractivity contribution in [2.45, 2.75) is 19.4 Å². The van der Waals surface area contributed by atoms with Crippen LogP contribution in [-0.4, -0.2) is 22.1 Å². The lowest BCUT2D eigenvalue weighted by atomic mass is 10.5. The highest BCUT2D eigenvalue weighted by Crippen LogP contribution is 2.29. The van der Waals surface area contributed by atoms with E-state index >= 15 is 0 Å². The molecule has 2 rings (SSSR count). The van der Waals surface area contributed by atoms with Crippen LogP contribution in [0.2, 0.25) is 0 Å². The summed E-state index contributed by atoms with van der Waals surface area (Å²) in [4.78, 5) is 11.4. The van der Waals surface area contributed by atoms with Crippen molar-refractivity contribution in [2.75, 3.05) is 5.73 Å². The van der Waals surface area contributed by atoms with Crippen LogP contribution in [-0.2, 0) is 0 Å². The zero-order valence-electron chi connectivity index (χ0n) is 7.15. The monoisotopic (exact) mass is 198 g/mol. The van der Waals surface area contributed by atoms with Gasteiger partial charge in [0.05, 0.1) is 0 Å². The molecule has 0 radical (unpaired) electrons. The van der Waals surface area contributed by atoms with Gasteiger partial charge in [0.1, 0.15) is 0 Å². The number of aromatic nitrogens is 2. The van der Waals surface area contributed by atoms with Gasteiger partial charge in [0.15, 0.2) is 0 Å². The van der Waals surface area contributed by atoms with Gasteiger partial charge in [-0.2, -0.15) is 0 Å². The number of nitrogens with zero attached hydrogens (tertiary/aromatic N) is 2. The van der Waals surface area contributed by atoms with Crippen molar-refractivity contribution in [3.63, 3.8) is 0 Å². The number of carbonyl (C=O) groups excluding carboxylic acids is 1. The van der Waals surface area contributed by atoms with E-state index in [0.29, 0.717) is 22.1 Å². The molecule has 1 aliphatic rings. The maximum atomic E-state index is 11.4. The van der Waals surface area contributed by atoms with E-state index in [0.717, 1.165) is 17.8 Å². The van der Waals surface area contributed by atoms with Gasteiger partial charge in [0.25, 0.3) is 5.91 Å². The number of hydrogen-bond acceptors (Lipinski definition) is 5. The first-order valence-electron chi connectivity index (χ1n) is 4.06. The maximum absolute atomic E-state index is 11.4. The predicted octanol–water partition coefficient (Wildman–Crippen LogP) is 0.259. The van der Waals surface area contributed by atoms with Crippen LogP contribution in [0.15, 0.2) is 0 Å². The van der Waals surface area contributed by atoms with Crippen LogP contribution >= 0.6 is 11.3 Å². The molecule has 1 fully saturated rings. The molecule has 13 heavy (non-hydrogen) atoms. The summed E-state index contributed by atoms with van der Waals surface area (Å²) < 4.78 is 0. The third kappa shape index (κ3) is 1.77. The van der Waals surface area contributed by atoms with Crippen molar-refractivity contribution in [1.82, 2.24) is 15.5 Å². The van der Waals surface area contributed by atoms with Gasteiger partial charge in [0.2, 0.25) is 10.1 Å². The molecule has 1 aliphatic carbocycles. The molecular formula is C7H10N4OS. The van der Waals surface area contributed by atoms with Crippen LogP contribution in [0.25, 0.3) is 0 Å². The van der Waals surface area contributed by atoms with Crippen LogP contribution in [0.5, 0.6) is 0 Å². The first kappa shape index (κ1) is 8.43. The Morgan fingerprint density at radius 1 is 1.69 bits per heavy atom. The van der Waals surface area contributed by atoms with Crippen LogP contribution in [0.3, 0.4) is 0 Å². The molecule has 1 heterocycles. The smallest absolute Gasteiger partial charge is 0.282 e. The highest BCUT2D eigenvalue weighted by atomic mass is 32.1. The molecule has 2 atom stereocenters. The molecule has 1 aromatic heterocycles. The second-order valence-electron chi connectivity index (χ2n) is 3.24. The number of hydrogen-bond donors (Lipinski definition) is 2. The largest absolute Gasteiger partial charge is 0.374 e. The average molecular weight is 198 g/mol. The van der Waals surface area contributed by atoms with Gasteiger partial charge in [0, 0.05) is 6.04 Å². The Bertz CT molecular complexity index is 337. The van der Waals surface area contributed by atoms with Crippen LogP contribution < -0.4 is 11.1 Å². The van der Waals surface area contributed by atoms with E-state index in [2.05, 4.69) is 22.4 Å². The van der Waals surface area contributed by atoms with Crippen molar-refractivity contribution in [3.05, 3.63) is 5.01 Å². The van der Waals surface area contributed by atoms with Gasteiger partial charge in [-0.1, -0.05) is 18.3 Å². The maximum Gasteiger partial charge on any atom is 0.282 e. The lowest BCUT2D eigenvalue weighted by Crippen LogP contribution is -2.26. The summed E-state index contributed by atoms with van der Waals surface area (Å²) in [7, 11) is 0. The second kappa shape index (κ2) is 2.95. The molecule has 0 aliphatic heterocycles. The first-order chi connectivity index (χ1) is 6.16. The molecule has 70 valence electrons. The number of carbonyl (C=O) groups is 1. The summed E-state index contributed by atoms with van der Waals surface area (Å²) in [6, 6.07) is 0.317. The molecule has 1 amide bonds. The fourth-order valence-electron chi connectivity index (χ4n) is 1.08. The number of nitrogens with two attached hydrogens (primary N) is 1. The van der Waals surface area contributed by atoms with Crippen molar-refractivity contribution in [2.24, 2.45) is 5.92 Å². The molecule has 0 bridgehead atoms. The fraction of sp³-hybridized carbons (Fsp3) is 0.571. The van der Waals surface area contributed by atoms with Gasteiger partial charge in [-0.15, -0.1) is 10.2 Å². The zero-order chi connectivity index (χ0) is 9.42.